The lowest BCUT2D eigenvalue weighted by atomic mass is 10.1. The minimum absolute atomic E-state index is 0.298. The van der Waals surface area contributed by atoms with Crippen LogP contribution in [0.2, 0.25) is 0 Å². The fraction of sp³-hybridized carbons (Fsp3) is 0.350. The third kappa shape index (κ3) is 3.49. The molecule has 1 fully saturated rings. The number of carbonyl (C=O) groups is 1. The molecule has 8 nitrogen and oxygen atoms in total. The Kier molecular flexibility index (Phi) is 5.06. The Morgan fingerprint density at radius 2 is 2.07 bits per heavy atom. The van der Waals surface area contributed by atoms with Gasteiger partial charge in [0.1, 0.15) is 6.67 Å². The molecule has 2 aromatic heterocycles. The number of ether oxygens (including phenoxy) is 1. The van der Waals surface area contributed by atoms with Gasteiger partial charge >= 0.3 is 0 Å². The Bertz CT molecular complexity index is 1070. The topological polar surface area (TPSA) is 97.8 Å². The molecule has 0 aliphatic carbocycles. The lowest BCUT2D eigenvalue weighted by Gasteiger charge is -2.28. The van der Waals surface area contributed by atoms with E-state index in [0.29, 0.717) is 60.4 Å². The Hall–Kier alpha value is -3.20. The minimum Gasteiger partial charge on any atom is -0.378 e. The van der Waals surface area contributed by atoms with E-state index in [-0.39, 0.29) is 0 Å². The van der Waals surface area contributed by atoms with Gasteiger partial charge in [-0.15, -0.1) is 5.10 Å². The van der Waals surface area contributed by atoms with Crippen molar-refractivity contribution in [3.63, 3.8) is 0 Å². The van der Waals surface area contributed by atoms with E-state index in [2.05, 4.69) is 10.3 Å². The predicted octanol–water partition coefficient (Wildman–Crippen LogP) is 2.49. The van der Waals surface area contributed by atoms with Crippen LogP contribution in [-0.2, 0) is 11.4 Å². The Balaban J connectivity index is 1.85. The number of imidazole rings is 1. The molecule has 1 saturated heterocycles. The van der Waals surface area contributed by atoms with Gasteiger partial charge in [0.2, 0.25) is 0 Å². The normalized spacial score (nSPS) is 14.4. The zero-order valence-electron chi connectivity index (χ0n) is 16.4. The van der Waals surface area contributed by atoms with Crippen molar-refractivity contribution in [3.8, 4) is 0 Å². The van der Waals surface area contributed by atoms with Crippen LogP contribution < -0.4 is 16.0 Å². The number of hydrogen-bond acceptors (Lipinski definition) is 6. The summed E-state index contributed by atoms with van der Waals surface area (Å²) in [6.45, 7) is 5.67. The summed E-state index contributed by atoms with van der Waals surface area (Å²) >= 11 is 0. The summed E-state index contributed by atoms with van der Waals surface area (Å²) in [6.07, 6.45) is 0. The van der Waals surface area contributed by atoms with Crippen molar-refractivity contribution in [1.29, 1.82) is 0 Å². The summed E-state index contributed by atoms with van der Waals surface area (Å²) < 4.78 is 20.3. The van der Waals surface area contributed by atoms with Crippen LogP contribution in [0.3, 0.4) is 0 Å². The highest BCUT2D eigenvalue weighted by molar-refractivity contribution is 5.99. The summed E-state index contributed by atoms with van der Waals surface area (Å²) in [5, 5.41) is 8.02. The zero-order chi connectivity index (χ0) is 20.5. The standard InChI is InChI=1S/C20H23FN6O2/c1-12-14(11-21)4-3-5-16(12)24-19-13(2)23-20-15(18(22)28)10-17(25-27(19)20)26-6-8-29-9-7-26/h3-5,10,24H,6-9,11H2,1-2H3,(H2,22,28). The van der Waals surface area contributed by atoms with Crippen molar-refractivity contribution >= 4 is 28.9 Å². The third-order valence-corrected chi connectivity index (χ3v) is 5.19. The number of anilines is 3. The summed E-state index contributed by atoms with van der Waals surface area (Å²) in [5.74, 6) is 0.667. The molecule has 3 N–H and O–H groups in total. The zero-order valence-corrected chi connectivity index (χ0v) is 16.4. The number of nitrogens with two attached hydrogens (primary N) is 1. The third-order valence-electron chi connectivity index (χ3n) is 5.19. The number of nitrogens with zero attached hydrogens (tertiary/aromatic N) is 4. The summed E-state index contributed by atoms with van der Waals surface area (Å²) in [7, 11) is 0. The molecule has 1 aromatic carbocycles. The molecule has 1 aliphatic rings. The Labute approximate surface area is 167 Å². The van der Waals surface area contributed by atoms with Crippen LogP contribution in [0, 0.1) is 13.8 Å². The lowest BCUT2D eigenvalue weighted by Crippen LogP contribution is -2.37. The number of morpholine rings is 1. The molecule has 3 heterocycles. The van der Waals surface area contributed by atoms with E-state index in [1.807, 2.05) is 24.8 Å². The number of hydrogen-bond donors (Lipinski definition) is 2. The van der Waals surface area contributed by atoms with Crippen molar-refractivity contribution in [3.05, 3.63) is 46.6 Å². The molecule has 4 rings (SSSR count). The van der Waals surface area contributed by atoms with E-state index in [9.17, 15) is 9.18 Å². The van der Waals surface area contributed by atoms with Gasteiger partial charge in [-0.05, 0) is 37.1 Å². The molecule has 0 atom stereocenters. The first-order valence-electron chi connectivity index (χ1n) is 9.44. The van der Waals surface area contributed by atoms with Crippen molar-refractivity contribution in [2.75, 3.05) is 36.5 Å². The molecular formula is C20H23FN6O2. The van der Waals surface area contributed by atoms with Crippen molar-refractivity contribution in [2.24, 2.45) is 5.73 Å². The number of carbonyl (C=O) groups excluding carboxylic acids is 1. The van der Waals surface area contributed by atoms with E-state index in [1.165, 1.54) is 0 Å². The van der Waals surface area contributed by atoms with Gasteiger partial charge in [0.25, 0.3) is 5.91 Å². The molecule has 1 amide bonds. The monoisotopic (exact) mass is 398 g/mol. The predicted molar refractivity (Wildman–Crippen MR) is 109 cm³/mol. The number of halogens is 1. The second-order valence-electron chi connectivity index (χ2n) is 7.01. The highest BCUT2D eigenvalue weighted by Gasteiger charge is 2.22. The first-order valence-corrected chi connectivity index (χ1v) is 9.44. The van der Waals surface area contributed by atoms with Crippen molar-refractivity contribution < 1.29 is 13.9 Å². The molecule has 9 heteroatoms. The van der Waals surface area contributed by atoms with E-state index < -0.39 is 12.6 Å². The van der Waals surface area contributed by atoms with Crippen LogP contribution in [0.5, 0.6) is 0 Å². The number of amides is 1. The minimum atomic E-state index is -0.570. The van der Waals surface area contributed by atoms with Gasteiger partial charge in [-0.25, -0.2) is 9.37 Å². The van der Waals surface area contributed by atoms with E-state index in [1.54, 1.807) is 22.7 Å². The summed E-state index contributed by atoms with van der Waals surface area (Å²) in [6, 6.07) is 7.09. The van der Waals surface area contributed by atoms with Gasteiger partial charge < -0.3 is 20.7 Å². The molecule has 0 saturated carbocycles. The van der Waals surface area contributed by atoms with Crippen molar-refractivity contribution in [2.45, 2.75) is 20.5 Å². The van der Waals surface area contributed by atoms with Crippen LogP contribution in [0.15, 0.2) is 24.3 Å². The highest BCUT2D eigenvalue weighted by Crippen LogP contribution is 2.28. The Morgan fingerprint density at radius 3 is 2.76 bits per heavy atom. The molecular weight excluding hydrogens is 375 g/mol. The second kappa shape index (κ2) is 7.67. The molecule has 29 heavy (non-hydrogen) atoms. The smallest absolute Gasteiger partial charge is 0.252 e. The maximum atomic E-state index is 13.3. The van der Waals surface area contributed by atoms with Gasteiger partial charge in [-0.2, -0.15) is 4.52 Å². The number of aromatic nitrogens is 3. The van der Waals surface area contributed by atoms with E-state index in [0.717, 1.165) is 11.3 Å². The second-order valence-corrected chi connectivity index (χ2v) is 7.01. The maximum absolute atomic E-state index is 13.3. The van der Waals surface area contributed by atoms with Crippen LogP contribution >= 0.6 is 0 Å². The summed E-state index contributed by atoms with van der Waals surface area (Å²) in [4.78, 5) is 18.7. The Morgan fingerprint density at radius 1 is 1.31 bits per heavy atom. The molecule has 0 radical (unpaired) electrons. The van der Waals surface area contributed by atoms with Crippen LogP contribution in [0.25, 0.3) is 5.65 Å². The molecule has 3 aromatic rings. The number of primary amides is 1. The van der Waals surface area contributed by atoms with E-state index >= 15 is 0 Å². The fourth-order valence-electron chi connectivity index (χ4n) is 3.48. The van der Waals surface area contributed by atoms with E-state index in [4.69, 9.17) is 15.6 Å². The number of fused-ring (bicyclic) bond motifs is 1. The SMILES string of the molecule is Cc1nc2c(C(N)=O)cc(N3CCOCC3)nn2c1Nc1cccc(CF)c1C. The first-order chi connectivity index (χ1) is 14.0. The molecule has 152 valence electrons. The molecule has 1 aliphatic heterocycles. The first kappa shape index (κ1) is 19.1. The van der Waals surface area contributed by atoms with Crippen LogP contribution in [0.4, 0.5) is 21.7 Å². The number of nitrogens with one attached hydrogen (secondary N) is 1. The number of aryl methyl sites for hydroxylation is 1. The molecule has 0 spiro atoms. The highest BCUT2D eigenvalue weighted by atomic mass is 19.1. The van der Waals surface area contributed by atoms with Gasteiger partial charge in [-0.1, -0.05) is 12.1 Å². The van der Waals surface area contributed by atoms with Gasteiger partial charge in [0.05, 0.1) is 24.5 Å². The van der Waals surface area contributed by atoms with Crippen molar-refractivity contribution in [1.82, 2.24) is 14.6 Å². The quantitative estimate of drug-likeness (QED) is 0.685. The lowest BCUT2D eigenvalue weighted by molar-refractivity contribution is 0.100. The molecule has 0 unspecified atom stereocenters. The number of rotatable bonds is 5. The van der Waals surface area contributed by atoms with Gasteiger partial charge in [-0.3, -0.25) is 4.79 Å². The average molecular weight is 398 g/mol. The maximum Gasteiger partial charge on any atom is 0.252 e. The van der Waals surface area contributed by atoms with Crippen LogP contribution in [-0.4, -0.2) is 46.8 Å². The summed E-state index contributed by atoms with van der Waals surface area (Å²) in [5.41, 5.74) is 9.14. The fourth-order valence-corrected chi connectivity index (χ4v) is 3.48. The van der Waals surface area contributed by atoms with Gasteiger partial charge in [0, 0.05) is 18.8 Å². The number of alkyl halides is 1. The van der Waals surface area contributed by atoms with Crippen LogP contribution in [0.1, 0.15) is 27.2 Å². The largest absolute Gasteiger partial charge is 0.378 e. The number of benzene rings is 1. The average Bonchev–Trinajstić information content (AvgIpc) is 3.04. The van der Waals surface area contributed by atoms with Gasteiger partial charge in [0.15, 0.2) is 17.3 Å². The molecule has 0 bridgehead atoms.